The molecule has 168 valence electrons. The van der Waals surface area contributed by atoms with E-state index in [2.05, 4.69) is 4.90 Å². The lowest BCUT2D eigenvalue weighted by Crippen LogP contribution is -2.38. The molecule has 4 rings (SSSR count). The van der Waals surface area contributed by atoms with Crippen LogP contribution in [-0.4, -0.2) is 55.5 Å². The van der Waals surface area contributed by atoms with Crippen molar-refractivity contribution in [2.24, 2.45) is 0 Å². The maximum absolute atomic E-state index is 13.5. The summed E-state index contributed by atoms with van der Waals surface area (Å²) in [5.74, 6) is 0.893. The third-order valence-electron chi connectivity index (χ3n) is 6.23. The first-order chi connectivity index (χ1) is 15.5. The molecule has 2 aliphatic rings. The summed E-state index contributed by atoms with van der Waals surface area (Å²) in [5, 5.41) is 0. The molecule has 2 aliphatic heterocycles. The fourth-order valence-corrected chi connectivity index (χ4v) is 4.43. The SMILES string of the molecule is COc1ccc(CCN2C(=O)C(c3ccc(C)cc3)=C(N3CCCCC3)C2=O)cc1OC. The minimum atomic E-state index is -0.208. The average molecular weight is 435 g/mol. The molecule has 0 atom stereocenters. The predicted octanol–water partition coefficient (Wildman–Crippen LogP) is 3.82. The molecule has 1 saturated heterocycles. The van der Waals surface area contributed by atoms with E-state index < -0.39 is 0 Å². The van der Waals surface area contributed by atoms with Crippen LogP contribution in [0.25, 0.3) is 5.57 Å². The molecule has 2 amide bonds. The van der Waals surface area contributed by atoms with Crippen molar-refractivity contribution in [3.05, 3.63) is 64.9 Å². The number of imide groups is 1. The topological polar surface area (TPSA) is 59.1 Å². The number of benzene rings is 2. The Bertz CT molecular complexity index is 1040. The van der Waals surface area contributed by atoms with Crippen molar-refractivity contribution in [3.63, 3.8) is 0 Å². The first-order valence-corrected chi connectivity index (χ1v) is 11.2. The Morgan fingerprint density at radius 1 is 0.844 bits per heavy atom. The van der Waals surface area contributed by atoms with Gasteiger partial charge in [-0.05, 0) is 55.9 Å². The second-order valence-electron chi connectivity index (χ2n) is 8.34. The molecule has 6 nitrogen and oxygen atoms in total. The van der Waals surface area contributed by atoms with E-state index in [1.54, 1.807) is 14.2 Å². The molecule has 2 aromatic rings. The Kier molecular flexibility index (Phi) is 6.49. The third-order valence-corrected chi connectivity index (χ3v) is 6.23. The number of carbonyl (C=O) groups is 2. The van der Waals surface area contributed by atoms with Crippen molar-refractivity contribution < 1.29 is 19.1 Å². The van der Waals surface area contributed by atoms with Crippen LogP contribution < -0.4 is 9.47 Å². The van der Waals surface area contributed by atoms with E-state index in [-0.39, 0.29) is 11.8 Å². The van der Waals surface area contributed by atoms with Gasteiger partial charge in [-0.1, -0.05) is 35.9 Å². The van der Waals surface area contributed by atoms with Gasteiger partial charge in [0.2, 0.25) is 0 Å². The van der Waals surface area contributed by atoms with Gasteiger partial charge in [0.1, 0.15) is 5.70 Å². The Morgan fingerprint density at radius 3 is 2.19 bits per heavy atom. The summed E-state index contributed by atoms with van der Waals surface area (Å²) in [6, 6.07) is 13.5. The van der Waals surface area contributed by atoms with Gasteiger partial charge in [-0.15, -0.1) is 0 Å². The molecule has 1 fully saturated rings. The third kappa shape index (κ3) is 4.22. The Hall–Kier alpha value is -3.28. The monoisotopic (exact) mass is 434 g/mol. The van der Waals surface area contributed by atoms with Gasteiger partial charge >= 0.3 is 0 Å². The van der Waals surface area contributed by atoms with E-state index >= 15 is 0 Å². The van der Waals surface area contributed by atoms with E-state index in [4.69, 9.17) is 9.47 Å². The zero-order chi connectivity index (χ0) is 22.7. The van der Waals surface area contributed by atoms with Gasteiger partial charge in [0.05, 0.1) is 19.8 Å². The normalized spacial score (nSPS) is 16.7. The van der Waals surface area contributed by atoms with Crippen LogP contribution in [0.5, 0.6) is 11.5 Å². The van der Waals surface area contributed by atoms with Crippen LogP contribution in [-0.2, 0) is 16.0 Å². The molecule has 0 aromatic heterocycles. The number of hydrogen-bond acceptors (Lipinski definition) is 5. The lowest BCUT2D eigenvalue weighted by atomic mass is 10.0. The molecule has 0 unspecified atom stereocenters. The van der Waals surface area contributed by atoms with E-state index in [1.165, 1.54) is 4.90 Å². The van der Waals surface area contributed by atoms with Crippen LogP contribution in [0.4, 0.5) is 0 Å². The van der Waals surface area contributed by atoms with Crippen molar-refractivity contribution in [2.45, 2.75) is 32.6 Å². The molecular formula is C26H30N2O4. The summed E-state index contributed by atoms with van der Waals surface area (Å²) in [7, 11) is 3.19. The lowest BCUT2D eigenvalue weighted by molar-refractivity contribution is -0.137. The van der Waals surface area contributed by atoms with Crippen LogP contribution in [0.2, 0.25) is 0 Å². The van der Waals surface area contributed by atoms with Crippen LogP contribution in [0.1, 0.15) is 36.0 Å². The van der Waals surface area contributed by atoms with E-state index in [0.29, 0.717) is 35.7 Å². The number of amides is 2. The number of likely N-dealkylation sites (tertiary alicyclic amines) is 1. The number of methoxy groups -OCH3 is 2. The van der Waals surface area contributed by atoms with Crippen LogP contribution in [0, 0.1) is 6.92 Å². The highest BCUT2D eigenvalue weighted by atomic mass is 16.5. The molecule has 2 heterocycles. The fraction of sp³-hybridized carbons (Fsp3) is 0.385. The summed E-state index contributed by atoms with van der Waals surface area (Å²) in [6.07, 6.45) is 3.79. The maximum atomic E-state index is 13.5. The van der Waals surface area contributed by atoms with Gasteiger partial charge in [-0.25, -0.2) is 0 Å². The summed E-state index contributed by atoms with van der Waals surface area (Å²) in [4.78, 5) is 30.5. The lowest BCUT2D eigenvalue weighted by Gasteiger charge is -2.29. The molecule has 0 N–H and O–H groups in total. The highest BCUT2D eigenvalue weighted by Crippen LogP contribution is 2.34. The van der Waals surface area contributed by atoms with Crippen LogP contribution >= 0.6 is 0 Å². The minimum Gasteiger partial charge on any atom is -0.493 e. The molecule has 2 aromatic carbocycles. The highest BCUT2D eigenvalue weighted by Gasteiger charge is 2.41. The molecule has 0 radical (unpaired) electrons. The second-order valence-corrected chi connectivity index (χ2v) is 8.34. The summed E-state index contributed by atoms with van der Waals surface area (Å²) in [6.45, 7) is 3.96. The number of nitrogens with zero attached hydrogens (tertiary/aromatic N) is 2. The van der Waals surface area contributed by atoms with E-state index in [0.717, 1.165) is 49.0 Å². The molecule has 32 heavy (non-hydrogen) atoms. The van der Waals surface area contributed by atoms with Crippen LogP contribution in [0.3, 0.4) is 0 Å². The van der Waals surface area contributed by atoms with Crippen molar-refractivity contribution in [3.8, 4) is 11.5 Å². The van der Waals surface area contributed by atoms with Crippen molar-refractivity contribution in [1.29, 1.82) is 0 Å². The smallest absolute Gasteiger partial charge is 0.277 e. The molecule has 0 aliphatic carbocycles. The second kappa shape index (κ2) is 9.47. The number of ether oxygens (including phenoxy) is 2. The minimum absolute atomic E-state index is 0.187. The Balaban J connectivity index is 1.60. The molecule has 6 heteroatoms. The Labute approximate surface area is 189 Å². The van der Waals surface area contributed by atoms with E-state index in [1.807, 2.05) is 49.4 Å². The van der Waals surface area contributed by atoms with Gasteiger partial charge in [-0.2, -0.15) is 0 Å². The van der Waals surface area contributed by atoms with Gasteiger partial charge in [0, 0.05) is 19.6 Å². The molecule has 0 bridgehead atoms. The van der Waals surface area contributed by atoms with Gasteiger partial charge in [-0.3, -0.25) is 14.5 Å². The first-order valence-electron chi connectivity index (χ1n) is 11.2. The number of carbonyl (C=O) groups excluding carboxylic acids is 2. The number of hydrogen-bond donors (Lipinski definition) is 0. The summed E-state index contributed by atoms with van der Waals surface area (Å²) in [5.41, 5.74) is 4.00. The number of piperidine rings is 1. The molecule has 0 saturated carbocycles. The largest absolute Gasteiger partial charge is 0.493 e. The number of aryl methyl sites for hydroxylation is 1. The molecular weight excluding hydrogens is 404 g/mol. The zero-order valence-electron chi connectivity index (χ0n) is 19.0. The predicted molar refractivity (Wildman–Crippen MR) is 123 cm³/mol. The van der Waals surface area contributed by atoms with E-state index in [9.17, 15) is 9.59 Å². The van der Waals surface area contributed by atoms with Gasteiger partial charge in [0.25, 0.3) is 11.8 Å². The quantitative estimate of drug-likeness (QED) is 0.620. The summed E-state index contributed by atoms with van der Waals surface area (Å²) >= 11 is 0. The van der Waals surface area contributed by atoms with Gasteiger partial charge < -0.3 is 14.4 Å². The number of rotatable bonds is 7. The van der Waals surface area contributed by atoms with Crippen molar-refractivity contribution >= 4 is 17.4 Å². The van der Waals surface area contributed by atoms with Crippen molar-refractivity contribution in [2.75, 3.05) is 33.9 Å². The Morgan fingerprint density at radius 2 is 1.53 bits per heavy atom. The van der Waals surface area contributed by atoms with Crippen LogP contribution in [0.15, 0.2) is 48.2 Å². The first kappa shape index (κ1) is 21.9. The highest BCUT2D eigenvalue weighted by molar-refractivity contribution is 6.35. The fourth-order valence-electron chi connectivity index (χ4n) is 4.43. The summed E-state index contributed by atoms with van der Waals surface area (Å²) < 4.78 is 10.7. The zero-order valence-corrected chi connectivity index (χ0v) is 19.0. The average Bonchev–Trinajstić information content (AvgIpc) is 3.08. The van der Waals surface area contributed by atoms with Gasteiger partial charge in [0.15, 0.2) is 11.5 Å². The maximum Gasteiger partial charge on any atom is 0.277 e. The molecule has 0 spiro atoms. The standard InChI is InChI=1S/C26H30N2O4/c1-18-7-10-20(11-8-18)23-24(27-14-5-4-6-15-27)26(30)28(25(23)29)16-13-19-9-12-21(31-2)22(17-19)32-3/h7-12,17H,4-6,13-16H2,1-3H3. The van der Waals surface area contributed by atoms with Crippen molar-refractivity contribution in [1.82, 2.24) is 9.80 Å².